The first-order chi connectivity index (χ1) is 14.0. The van der Waals surface area contributed by atoms with Crippen molar-refractivity contribution in [2.75, 3.05) is 54.2 Å². The molecule has 158 valence electrons. The molecule has 0 unspecified atom stereocenters. The summed E-state index contributed by atoms with van der Waals surface area (Å²) >= 11 is 5.57. The Kier molecular flexibility index (Phi) is 7.29. The van der Waals surface area contributed by atoms with Crippen LogP contribution in [0.5, 0.6) is 11.5 Å². The Labute approximate surface area is 175 Å². The number of methoxy groups -OCH3 is 1. The number of H-pyrrole nitrogens is 1. The third-order valence-electron chi connectivity index (χ3n) is 4.68. The summed E-state index contributed by atoms with van der Waals surface area (Å²) in [6, 6.07) is 5.59. The lowest BCUT2D eigenvalue weighted by Gasteiger charge is -2.26. The molecule has 2 heterocycles. The lowest BCUT2D eigenvalue weighted by Crippen LogP contribution is -2.42. The molecule has 3 rings (SSSR count). The Balaban J connectivity index is 1.80. The molecule has 0 radical (unpaired) electrons. The van der Waals surface area contributed by atoms with Crippen molar-refractivity contribution in [1.29, 1.82) is 0 Å². The first-order valence-electron chi connectivity index (χ1n) is 9.60. The zero-order valence-corrected chi connectivity index (χ0v) is 17.9. The van der Waals surface area contributed by atoms with Crippen molar-refractivity contribution in [3.8, 4) is 11.5 Å². The molecule has 0 aliphatic carbocycles. The summed E-state index contributed by atoms with van der Waals surface area (Å²) in [4.78, 5) is 19.8. The van der Waals surface area contributed by atoms with Crippen LogP contribution < -0.4 is 20.3 Å². The molecule has 1 aromatic heterocycles. The van der Waals surface area contributed by atoms with Crippen LogP contribution in [0.4, 0.5) is 0 Å². The highest BCUT2D eigenvalue weighted by Gasteiger charge is 2.17. The van der Waals surface area contributed by atoms with Gasteiger partial charge in [0.1, 0.15) is 0 Å². The summed E-state index contributed by atoms with van der Waals surface area (Å²) in [6.07, 6.45) is 0.934. The zero-order valence-electron chi connectivity index (χ0n) is 17.1. The van der Waals surface area contributed by atoms with Gasteiger partial charge in [-0.25, -0.2) is 0 Å². The first-order valence-corrected chi connectivity index (χ1v) is 10.0. The molecule has 0 spiro atoms. The average Bonchev–Trinajstić information content (AvgIpc) is 3.13. The van der Waals surface area contributed by atoms with E-state index in [1.54, 1.807) is 13.2 Å². The summed E-state index contributed by atoms with van der Waals surface area (Å²) in [6.45, 7) is 3.49. The second-order valence-corrected chi connectivity index (χ2v) is 7.61. The summed E-state index contributed by atoms with van der Waals surface area (Å²) in [5.74, 6) is 1.34. The number of rotatable bonds is 9. The quantitative estimate of drug-likeness (QED) is 0.467. The lowest BCUT2D eigenvalue weighted by atomic mass is 10.1. The number of pyridine rings is 1. The maximum absolute atomic E-state index is 12.7. The minimum absolute atomic E-state index is 0.131. The van der Waals surface area contributed by atoms with Crippen LogP contribution >= 0.6 is 12.2 Å². The number of ether oxygens (including phenoxy) is 3. The highest BCUT2D eigenvalue weighted by Crippen LogP contribution is 2.35. The van der Waals surface area contributed by atoms with E-state index in [1.807, 2.05) is 31.1 Å². The molecule has 0 amide bonds. The van der Waals surface area contributed by atoms with Gasteiger partial charge in [-0.15, -0.1) is 0 Å². The number of nitrogens with one attached hydrogen (secondary N) is 2. The van der Waals surface area contributed by atoms with Crippen LogP contribution in [0.1, 0.15) is 12.0 Å². The molecule has 0 fully saturated rings. The van der Waals surface area contributed by atoms with E-state index in [-0.39, 0.29) is 12.4 Å². The molecule has 0 saturated heterocycles. The Morgan fingerprint density at radius 1 is 1.24 bits per heavy atom. The van der Waals surface area contributed by atoms with Crippen molar-refractivity contribution in [1.82, 2.24) is 20.1 Å². The van der Waals surface area contributed by atoms with E-state index in [0.29, 0.717) is 41.9 Å². The van der Waals surface area contributed by atoms with Gasteiger partial charge in [-0.05, 0) is 51.4 Å². The van der Waals surface area contributed by atoms with Gasteiger partial charge < -0.3 is 34.3 Å². The van der Waals surface area contributed by atoms with Gasteiger partial charge in [0.2, 0.25) is 6.79 Å². The molecule has 29 heavy (non-hydrogen) atoms. The van der Waals surface area contributed by atoms with Crippen LogP contribution in [-0.4, -0.2) is 74.1 Å². The van der Waals surface area contributed by atoms with Gasteiger partial charge >= 0.3 is 0 Å². The van der Waals surface area contributed by atoms with Gasteiger partial charge in [0.15, 0.2) is 16.6 Å². The molecule has 9 heteroatoms. The van der Waals surface area contributed by atoms with Gasteiger partial charge in [-0.2, -0.15) is 0 Å². The fraction of sp³-hybridized carbons (Fsp3) is 0.500. The van der Waals surface area contributed by atoms with E-state index in [0.717, 1.165) is 30.4 Å². The van der Waals surface area contributed by atoms with Crippen LogP contribution in [0, 0.1) is 0 Å². The van der Waals surface area contributed by atoms with E-state index in [2.05, 4.69) is 15.2 Å². The fourth-order valence-corrected chi connectivity index (χ4v) is 3.42. The number of hydrogen-bond acceptors (Lipinski definition) is 6. The van der Waals surface area contributed by atoms with E-state index >= 15 is 0 Å². The minimum Gasteiger partial charge on any atom is -0.454 e. The van der Waals surface area contributed by atoms with Crippen molar-refractivity contribution >= 4 is 28.2 Å². The summed E-state index contributed by atoms with van der Waals surface area (Å²) in [5.41, 5.74) is 1.24. The molecule has 0 bridgehead atoms. The van der Waals surface area contributed by atoms with Crippen LogP contribution in [0.2, 0.25) is 0 Å². The van der Waals surface area contributed by atoms with Crippen LogP contribution in [-0.2, 0) is 11.3 Å². The smallest absolute Gasteiger partial charge is 0.253 e. The molecule has 2 aromatic rings. The highest BCUT2D eigenvalue weighted by atomic mass is 32.1. The minimum atomic E-state index is -0.131. The van der Waals surface area contributed by atoms with Crippen molar-refractivity contribution in [3.63, 3.8) is 0 Å². The number of aromatic nitrogens is 1. The molecule has 1 aliphatic heterocycles. The Bertz CT molecular complexity index is 915. The maximum atomic E-state index is 12.7. The SMILES string of the molecule is COCCNC(=S)N(CCCN(C)C)Cc1cc2cc3c(cc2[nH]c1=O)OCO3. The van der Waals surface area contributed by atoms with Crippen LogP contribution in [0.15, 0.2) is 23.0 Å². The van der Waals surface area contributed by atoms with E-state index in [4.69, 9.17) is 26.4 Å². The van der Waals surface area contributed by atoms with Crippen molar-refractivity contribution in [2.24, 2.45) is 0 Å². The summed E-state index contributed by atoms with van der Waals surface area (Å²) in [5, 5.41) is 4.72. The lowest BCUT2D eigenvalue weighted by molar-refractivity contribution is 0.174. The molecular weight excluding hydrogens is 392 g/mol. The molecule has 0 saturated carbocycles. The third kappa shape index (κ3) is 5.59. The monoisotopic (exact) mass is 420 g/mol. The van der Waals surface area contributed by atoms with Gasteiger partial charge in [0.05, 0.1) is 18.7 Å². The molecule has 2 N–H and O–H groups in total. The second-order valence-electron chi connectivity index (χ2n) is 7.22. The highest BCUT2D eigenvalue weighted by molar-refractivity contribution is 7.80. The number of nitrogens with zero attached hydrogens (tertiary/aromatic N) is 2. The molecule has 8 nitrogen and oxygen atoms in total. The van der Waals surface area contributed by atoms with Crippen molar-refractivity contribution in [3.05, 3.63) is 34.1 Å². The van der Waals surface area contributed by atoms with Gasteiger partial charge in [-0.3, -0.25) is 4.79 Å². The normalized spacial score (nSPS) is 12.6. The van der Waals surface area contributed by atoms with Crippen molar-refractivity contribution < 1.29 is 14.2 Å². The van der Waals surface area contributed by atoms with E-state index in [1.165, 1.54) is 0 Å². The van der Waals surface area contributed by atoms with E-state index < -0.39 is 0 Å². The average molecular weight is 421 g/mol. The molecule has 1 aliphatic rings. The van der Waals surface area contributed by atoms with Crippen LogP contribution in [0.25, 0.3) is 10.9 Å². The number of aromatic amines is 1. The van der Waals surface area contributed by atoms with Gasteiger partial charge in [-0.1, -0.05) is 0 Å². The van der Waals surface area contributed by atoms with Crippen molar-refractivity contribution in [2.45, 2.75) is 13.0 Å². The first kappa shape index (κ1) is 21.4. The predicted octanol–water partition coefficient (Wildman–Crippen LogP) is 1.53. The number of hydrogen-bond donors (Lipinski definition) is 2. The molecular formula is C20H28N4O4S. The maximum Gasteiger partial charge on any atom is 0.253 e. The number of benzene rings is 1. The Hall–Kier alpha value is -2.36. The third-order valence-corrected chi connectivity index (χ3v) is 5.08. The largest absolute Gasteiger partial charge is 0.454 e. The van der Waals surface area contributed by atoms with Gasteiger partial charge in [0, 0.05) is 37.2 Å². The molecule has 1 aromatic carbocycles. The fourth-order valence-electron chi connectivity index (χ4n) is 3.17. The Morgan fingerprint density at radius 2 is 2.00 bits per heavy atom. The standard InChI is InChI=1S/C20H28N4O4S/c1-23(2)6-4-7-24(20(29)21-5-8-26-3)12-15-9-14-10-17-18(28-13-27-17)11-16(14)22-19(15)25/h9-11H,4-8,12-13H2,1-3H3,(H,21,29)(H,22,25). The van der Waals surface area contributed by atoms with Crippen LogP contribution in [0.3, 0.4) is 0 Å². The topological polar surface area (TPSA) is 79.1 Å². The molecule has 0 atom stereocenters. The van der Waals surface area contributed by atoms with Gasteiger partial charge in [0.25, 0.3) is 5.56 Å². The second kappa shape index (κ2) is 9.91. The van der Waals surface area contributed by atoms with E-state index in [9.17, 15) is 4.79 Å². The summed E-state index contributed by atoms with van der Waals surface area (Å²) < 4.78 is 15.9. The predicted molar refractivity (Wildman–Crippen MR) is 117 cm³/mol. The summed E-state index contributed by atoms with van der Waals surface area (Å²) in [7, 11) is 5.73. The number of fused-ring (bicyclic) bond motifs is 2. The Morgan fingerprint density at radius 3 is 2.72 bits per heavy atom. The number of thiocarbonyl (C=S) groups is 1. The zero-order chi connectivity index (χ0) is 20.8.